The van der Waals surface area contributed by atoms with Crippen LogP contribution in [0.4, 0.5) is 5.69 Å². The summed E-state index contributed by atoms with van der Waals surface area (Å²) in [7, 11) is 0. The molecule has 0 fully saturated rings. The van der Waals surface area contributed by atoms with Crippen molar-refractivity contribution in [1.82, 2.24) is 4.98 Å². The lowest BCUT2D eigenvalue weighted by Gasteiger charge is -2.48. The number of aromatic nitrogens is 1. The summed E-state index contributed by atoms with van der Waals surface area (Å²) in [6.45, 7) is 7.46. The zero-order valence-corrected chi connectivity index (χ0v) is 18.1. The standard InChI is InChI=1S/C24H25BrN2O/c1-16(2)23-11-8-20(15-26-23)27-13-12-17-14-21(28)9-10-22(17)24(27,3)18-4-6-19(25)7-5-18/h4-11,14-16,28H,12-13H2,1-3H3. The minimum absolute atomic E-state index is 0.327. The highest BCUT2D eigenvalue weighted by atomic mass is 79.9. The van der Waals surface area contributed by atoms with Gasteiger partial charge in [0.2, 0.25) is 0 Å². The molecule has 4 heteroatoms. The summed E-state index contributed by atoms with van der Waals surface area (Å²) in [5, 5.41) is 10.0. The zero-order valence-electron chi connectivity index (χ0n) is 16.5. The Balaban J connectivity index is 1.87. The molecular weight excluding hydrogens is 412 g/mol. The highest BCUT2D eigenvalue weighted by molar-refractivity contribution is 9.10. The molecule has 1 N–H and O–H groups in total. The van der Waals surface area contributed by atoms with Crippen molar-refractivity contribution < 1.29 is 5.11 Å². The van der Waals surface area contributed by atoms with Gasteiger partial charge in [0, 0.05) is 16.7 Å². The molecule has 0 spiro atoms. The third kappa shape index (κ3) is 3.20. The fraction of sp³-hybridized carbons (Fsp3) is 0.292. The molecule has 1 aromatic heterocycles. The Morgan fingerprint density at radius 3 is 2.46 bits per heavy atom. The minimum atomic E-state index is -0.344. The van der Waals surface area contributed by atoms with Gasteiger partial charge in [0.05, 0.1) is 17.4 Å². The highest BCUT2D eigenvalue weighted by Crippen LogP contribution is 2.44. The topological polar surface area (TPSA) is 36.4 Å². The Bertz CT molecular complexity index is 982. The number of hydrogen-bond donors (Lipinski definition) is 1. The Morgan fingerprint density at radius 1 is 1.07 bits per heavy atom. The number of halogens is 1. The Morgan fingerprint density at radius 2 is 1.82 bits per heavy atom. The summed E-state index contributed by atoms with van der Waals surface area (Å²) in [5.41, 5.74) is 5.53. The largest absolute Gasteiger partial charge is 0.508 e. The van der Waals surface area contributed by atoms with Crippen molar-refractivity contribution in [3.63, 3.8) is 0 Å². The van der Waals surface area contributed by atoms with E-state index >= 15 is 0 Å². The van der Waals surface area contributed by atoms with Gasteiger partial charge in [0.1, 0.15) is 5.75 Å². The van der Waals surface area contributed by atoms with E-state index in [1.54, 1.807) is 6.07 Å². The van der Waals surface area contributed by atoms with E-state index in [0.717, 1.165) is 28.8 Å². The first-order valence-corrected chi connectivity index (χ1v) is 10.5. The normalized spacial score (nSPS) is 19.0. The van der Waals surface area contributed by atoms with Crippen LogP contribution < -0.4 is 4.90 Å². The molecule has 4 rings (SSSR count). The fourth-order valence-corrected chi connectivity index (χ4v) is 4.50. The van der Waals surface area contributed by atoms with Gasteiger partial charge in [0.25, 0.3) is 0 Å². The quantitative estimate of drug-likeness (QED) is 0.546. The van der Waals surface area contributed by atoms with Crippen molar-refractivity contribution in [1.29, 1.82) is 0 Å². The number of anilines is 1. The predicted molar refractivity (Wildman–Crippen MR) is 118 cm³/mol. The van der Waals surface area contributed by atoms with Gasteiger partial charge in [-0.25, -0.2) is 0 Å². The number of aromatic hydroxyl groups is 1. The van der Waals surface area contributed by atoms with Crippen LogP contribution in [-0.2, 0) is 12.0 Å². The van der Waals surface area contributed by atoms with E-state index in [4.69, 9.17) is 4.98 Å². The number of phenols is 1. The number of nitrogens with zero attached hydrogens (tertiary/aromatic N) is 2. The molecule has 2 heterocycles. The summed E-state index contributed by atoms with van der Waals surface area (Å²) < 4.78 is 1.07. The number of hydrogen-bond acceptors (Lipinski definition) is 3. The molecule has 3 nitrogen and oxygen atoms in total. The van der Waals surface area contributed by atoms with E-state index in [1.807, 2.05) is 12.3 Å². The molecule has 0 saturated carbocycles. The maximum Gasteiger partial charge on any atom is 0.115 e. The van der Waals surface area contributed by atoms with Crippen LogP contribution in [0.5, 0.6) is 5.75 Å². The Kier molecular flexibility index (Phi) is 4.92. The van der Waals surface area contributed by atoms with E-state index in [0.29, 0.717) is 11.7 Å². The third-order valence-corrected chi connectivity index (χ3v) is 6.37. The molecule has 1 unspecified atom stereocenters. The predicted octanol–water partition coefficient (Wildman–Crippen LogP) is 6.00. The second-order valence-corrected chi connectivity index (χ2v) is 8.83. The summed E-state index contributed by atoms with van der Waals surface area (Å²) in [4.78, 5) is 7.14. The van der Waals surface area contributed by atoms with E-state index in [1.165, 1.54) is 16.7 Å². The van der Waals surface area contributed by atoms with E-state index < -0.39 is 0 Å². The SMILES string of the molecule is CC(C)c1ccc(N2CCc3cc(O)ccc3C2(C)c2ccc(Br)cc2)cn1. The van der Waals surface area contributed by atoms with Crippen molar-refractivity contribution in [2.45, 2.75) is 38.6 Å². The van der Waals surface area contributed by atoms with Crippen LogP contribution in [0.1, 0.15) is 49.1 Å². The number of benzene rings is 2. The van der Waals surface area contributed by atoms with Gasteiger partial charge in [-0.05, 0) is 72.4 Å². The number of phenolic OH excluding ortho intramolecular Hbond substituents is 1. The lowest BCUT2D eigenvalue weighted by atomic mass is 9.76. The molecule has 0 saturated heterocycles. The summed E-state index contributed by atoms with van der Waals surface area (Å²) in [5.74, 6) is 0.741. The highest BCUT2D eigenvalue weighted by Gasteiger charge is 2.40. The second kappa shape index (κ2) is 7.25. The van der Waals surface area contributed by atoms with Crippen LogP contribution in [0, 0.1) is 0 Å². The molecule has 1 aliphatic rings. The van der Waals surface area contributed by atoms with Gasteiger partial charge >= 0.3 is 0 Å². The molecule has 3 aromatic rings. The maximum atomic E-state index is 10.0. The first kappa shape index (κ1) is 19.0. The third-order valence-electron chi connectivity index (χ3n) is 5.84. The van der Waals surface area contributed by atoms with Crippen LogP contribution >= 0.6 is 15.9 Å². The molecule has 1 atom stereocenters. The zero-order chi connectivity index (χ0) is 19.9. The first-order valence-electron chi connectivity index (χ1n) is 9.71. The average Bonchev–Trinajstić information content (AvgIpc) is 2.68. The van der Waals surface area contributed by atoms with Gasteiger partial charge in [-0.15, -0.1) is 0 Å². The summed E-state index contributed by atoms with van der Waals surface area (Å²) in [6, 6.07) is 18.6. The van der Waals surface area contributed by atoms with Crippen molar-refractivity contribution >= 4 is 21.6 Å². The number of rotatable bonds is 3. The molecule has 0 aliphatic carbocycles. The van der Waals surface area contributed by atoms with Crippen molar-refractivity contribution in [2.24, 2.45) is 0 Å². The monoisotopic (exact) mass is 436 g/mol. The molecule has 144 valence electrons. The van der Waals surface area contributed by atoms with Crippen LogP contribution in [0.3, 0.4) is 0 Å². The summed E-state index contributed by atoms with van der Waals surface area (Å²) in [6.07, 6.45) is 2.89. The lowest BCUT2D eigenvalue weighted by Crippen LogP contribution is -2.49. The first-order chi connectivity index (χ1) is 13.4. The Labute approximate surface area is 175 Å². The Hall–Kier alpha value is -2.33. The molecule has 0 radical (unpaired) electrons. The smallest absolute Gasteiger partial charge is 0.115 e. The second-order valence-electron chi connectivity index (χ2n) is 7.92. The van der Waals surface area contributed by atoms with Crippen LogP contribution in [-0.4, -0.2) is 16.6 Å². The number of fused-ring (bicyclic) bond motifs is 1. The van der Waals surface area contributed by atoms with Crippen molar-refractivity contribution in [2.75, 3.05) is 11.4 Å². The molecule has 28 heavy (non-hydrogen) atoms. The van der Waals surface area contributed by atoms with E-state index in [2.05, 4.69) is 84.1 Å². The van der Waals surface area contributed by atoms with Crippen LogP contribution in [0.15, 0.2) is 65.3 Å². The molecular formula is C24H25BrN2O. The molecule has 1 aliphatic heterocycles. The molecule has 0 amide bonds. The van der Waals surface area contributed by atoms with Crippen LogP contribution in [0.25, 0.3) is 0 Å². The molecule has 2 aromatic carbocycles. The minimum Gasteiger partial charge on any atom is -0.508 e. The average molecular weight is 437 g/mol. The maximum absolute atomic E-state index is 10.0. The summed E-state index contributed by atoms with van der Waals surface area (Å²) >= 11 is 3.55. The lowest BCUT2D eigenvalue weighted by molar-refractivity contribution is 0.463. The van der Waals surface area contributed by atoms with E-state index in [-0.39, 0.29) is 5.54 Å². The number of pyridine rings is 1. The van der Waals surface area contributed by atoms with Gasteiger partial charge in [-0.2, -0.15) is 0 Å². The molecule has 0 bridgehead atoms. The van der Waals surface area contributed by atoms with Crippen molar-refractivity contribution in [3.8, 4) is 5.75 Å². The van der Waals surface area contributed by atoms with E-state index in [9.17, 15) is 5.11 Å². The van der Waals surface area contributed by atoms with Gasteiger partial charge < -0.3 is 10.0 Å². The van der Waals surface area contributed by atoms with Crippen molar-refractivity contribution in [3.05, 3.63) is 87.7 Å². The van der Waals surface area contributed by atoms with Gasteiger partial charge in [0.15, 0.2) is 0 Å². The van der Waals surface area contributed by atoms with Crippen LogP contribution in [0.2, 0.25) is 0 Å². The fourth-order valence-electron chi connectivity index (χ4n) is 4.23. The van der Waals surface area contributed by atoms with Gasteiger partial charge in [-0.1, -0.05) is 48.0 Å². The van der Waals surface area contributed by atoms with Gasteiger partial charge in [-0.3, -0.25) is 4.98 Å².